The van der Waals surface area contributed by atoms with Crippen LogP contribution in [0.25, 0.3) is 11.3 Å². The van der Waals surface area contributed by atoms with Gasteiger partial charge in [-0.15, -0.1) is 0 Å². The summed E-state index contributed by atoms with van der Waals surface area (Å²) in [5, 5.41) is 3.72. The molecular formula is C16H17Cl2F2N3O3S. The summed E-state index contributed by atoms with van der Waals surface area (Å²) in [6.45, 7) is 2.48. The molecule has 0 spiro atoms. The van der Waals surface area contributed by atoms with Gasteiger partial charge in [0.05, 0.1) is 10.0 Å². The highest BCUT2D eigenvalue weighted by Crippen LogP contribution is 2.34. The highest BCUT2D eigenvalue weighted by atomic mass is 35.5. The lowest BCUT2D eigenvalue weighted by Gasteiger charge is -2.18. The Labute approximate surface area is 165 Å². The quantitative estimate of drug-likeness (QED) is 0.714. The second-order valence-corrected chi connectivity index (χ2v) is 8.76. The van der Waals surface area contributed by atoms with Crippen LogP contribution in [-0.4, -0.2) is 36.1 Å². The van der Waals surface area contributed by atoms with Crippen molar-refractivity contribution in [3.63, 3.8) is 0 Å². The molecule has 2 aromatic rings. The minimum Gasteiger partial charge on any atom is -0.287 e. The van der Waals surface area contributed by atoms with Crippen molar-refractivity contribution in [1.82, 2.24) is 14.1 Å². The predicted molar refractivity (Wildman–Crippen MR) is 100.0 cm³/mol. The molecule has 0 aliphatic carbocycles. The molecule has 0 aliphatic heterocycles. The average molecular weight is 440 g/mol. The molecule has 0 atom stereocenters. The van der Waals surface area contributed by atoms with Crippen LogP contribution in [0.4, 0.5) is 8.78 Å². The number of alkyl halides is 2. The largest absolute Gasteiger partial charge is 0.287 e. The van der Waals surface area contributed by atoms with Crippen LogP contribution in [0.5, 0.6) is 0 Å². The van der Waals surface area contributed by atoms with Crippen LogP contribution in [0.2, 0.25) is 10.0 Å². The van der Waals surface area contributed by atoms with Gasteiger partial charge in [0.1, 0.15) is 16.3 Å². The molecule has 0 unspecified atom stereocenters. The summed E-state index contributed by atoms with van der Waals surface area (Å²) in [5.41, 5.74) is -1.68. The van der Waals surface area contributed by atoms with E-state index < -0.39 is 27.1 Å². The smallest absolute Gasteiger partial charge is 0.286 e. The van der Waals surface area contributed by atoms with Crippen LogP contribution in [-0.2, 0) is 23.0 Å². The van der Waals surface area contributed by atoms with Crippen LogP contribution in [0, 0.1) is 0 Å². The number of benzene rings is 1. The minimum absolute atomic E-state index is 0.0179. The van der Waals surface area contributed by atoms with Gasteiger partial charge in [-0.1, -0.05) is 30.1 Å². The van der Waals surface area contributed by atoms with Gasteiger partial charge in [-0.3, -0.25) is 9.48 Å². The molecule has 0 aliphatic rings. The fourth-order valence-electron chi connectivity index (χ4n) is 2.38. The van der Waals surface area contributed by atoms with E-state index in [4.69, 9.17) is 23.2 Å². The molecule has 1 aromatic heterocycles. The number of rotatable bonds is 5. The fraction of sp³-hybridized carbons (Fsp3) is 0.375. The molecule has 148 valence electrons. The van der Waals surface area contributed by atoms with Gasteiger partial charge < -0.3 is 0 Å². The summed E-state index contributed by atoms with van der Waals surface area (Å²) in [5.74, 6) is -3.28. The maximum absolute atomic E-state index is 13.6. The molecule has 6 nitrogen and oxygen atoms in total. The van der Waals surface area contributed by atoms with Crippen molar-refractivity contribution in [2.75, 3.05) is 13.6 Å². The lowest BCUT2D eigenvalue weighted by molar-refractivity contribution is 0.00754. The van der Waals surface area contributed by atoms with Crippen LogP contribution in [0.1, 0.15) is 19.5 Å². The van der Waals surface area contributed by atoms with Gasteiger partial charge in [0, 0.05) is 39.2 Å². The lowest BCUT2D eigenvalue weighted by Crippen LogP contribution is -2.27. The van der Waals surface area contributed by atoms with Crippen molar-refractivity contribution in [2.24, 2.45) is 7.05 Å². The molecule has 2 rings (SSSR count). The van der Waals surface area contributed by atoms with E-state index in [9.17, 15) is 22.0 Å². The molecule has 0 amide bonds. The highest BCUT2D eigenvalue weighted by molar-refractivity contribution is 7.89. The number of hydrogen-bond acceptors (Lipinski definition) is 4. The zero-order chi connectivity index (χ0) is 20.7. The van der Waals surface area contributed by atoms with E-state index in [1.54, 1.807) is 6.92 Å². The molecule has 0 radical (unpaired) electrons. The summed E-state index contributed by atoms with van der Waals surface area (Å²) in [7, 11) is -1.31. The molecule has 0 N–H and O–H groups in total. The van der Waals surface area contributed by atoms with E-state index in [0.717, 1.165) is 21.1 Å². The second-order valence-electron chi connectivity index (χ2n) is 5.94. The summed E-state index contributed by atoms with van der Waals surface area (Å²) < 4.78 is 54.3. The van der Waals surface area contributed by atoms with Gasteiger partial charge in [0.2, 0.25) is 15.5 Å². The number of halogens is 4. The Hall–Kier alpha value is -1.55. The standard InChI is InChI=1S/C16H17Cl2F2N3O3S/c1-5-22(3)27(25,26)13-6-9(10(17)7-11(13)18)15-12(24)8-14(16(2,19)20)23(4)21-15/h6-8H,5H2,1-4H3. The number of hydrogen-bond donors (Lipinski definition) is 0. The van der Waals surface area contributed by atoms with Gasteiger partial charge >= 0.3 is 0 Å². The van der Waals surface area contributed by atoms with Gasteiger partial charge in [0.25, 0.3) is 5.92 Å². The first-order chi connectivity index (χ1) is 12.3. The zero-order valence-electron chi connectivity index (χ0n) is 14.9. The first kappa shape index (κ1) is 21.7. The minimum atomic E-state index is -3.94. The molecule has 0 saturated heterocycles. The normalized spacial score (nSPS) is 12.6. The first-order valence-corrected chi connectivity index (χ1v) is 9.92. The molecular weight excluding hydrogens is 423 g/mol. The van der Waals surface area contributed by atoms with Crippen molar-refractivity contribution >= 4 is 33.2 Å². The van der Waals surface area contributed by atoms with Crippen LogP contribution >= 0.6 is 23.2 Å². The SMILES string of the molecule is CCN(C)S(=O)(=O)c1cc(-c2nn(C)c(C(C)(F)F)cc2=O)c(Cl)cc1Cl. The summed E-state index contributed by atoms with van der Waals surface area (Å²) in [6, 6.07) is 3.05. The molecule has 0 fully saturated rings. The van der Waals surface area contributed by atoms with E-state index in [1.165, 1.54) is 20.2 Å². The van der Waals surface area contributed by atoms with E-state index in [-0.39, 0.29) is 32.7 Å². The second kappa shape index (κ2) is 7.46. The Morgan fingerprint density at radius 1 is 1.22 bits per heavy atom. The molecule has 11 heteroatoms. The van der Waals surface area contributed by atoms with E-state index in [2.05, 4.69) is 5.10 Å². The Kier molecular flexibility index (Phi) is 6.01. The number of aryl methyl sites for hydroxylation is 1. The molecule has 0 saturated carbocycles. The van der Waals surface area contributed by atoms with Gasteiger partial charge in [-0.05, 0) is 12.1 Å². The summed E-state index contributed by atoms with van der Waals surface area (Å²) in [4.78, 5) is 12.1. The number of aromatic nitrogens is 2. The topological polar surface area (TPSA) is 72.3 Å². The Morgan fingerprint density at radius 3 is 2.33 bits per heavy atom. The summed E-state index contributed by atoms with van der Waals surface area (Å²) in [6.07, 6.45) is 0. The van der Waals surface area contributed by atoms with Crippen LogP contribution in [0.3, 0.4) is 0 Å². The first-order valence-electron chi connectivity index (χ1n) is 7.73. The van der Waals surface area contributed by atoms with Gasteiger partial charge in [0.15, 0.2) is 0 Å². The molecule has 27 heavy (non-hydrogen) atoms. The van der Waals surface area contributed by atoms with Gasteiger partial charge in [-0.25, -0.2) is 12.7 Å². The lowest BCUT2D eigenvalue weighted by atomic mass is 10.1. The highest BCUT2D eigenvalue weighted by Gasteiger charge is 2.30. The fourth-order valence-corrected chi connectivity index (χ4v) is 4.40. The van der Waals surface area contributed by atoms with E-state index >= 15 is 0 Å². The van der Waals surface area contributed by atoms with Crippen molar-refractivity contribution in [3.8, 4) is 11.3 Å². The summed E-state index contributed by atoms with van der Waals surface area (Å²) >= 11 is 12.2. The number of nitrogens with zero attached hydrogens (tertiary/aromatic N) is 3. The third kappa shape index (κ3) is 4.16. The molecule has 1 aromatic carbocycles. The van der Waals surface area contributed by atoms with Crippen molar-refractivity contribution in [1.29, 1.82) is 0 Å². The van der Waals surface area contributed by atoms with Crippen LogP contribution < -0.4 is 5.43 Å². The van der Waals surface area contributed by atoms with Crippen LogP contribution in [0.15, 0.2) is 27.9 Å². The third-order valence-electron chi connectivity index (χ3n) is 3.96. The molecule has 0 bridgehead atoms. The Balaban J connectivity index is 2.77. The maximum atomic E-state index is 13.6. The monoisotopic (exact) mass is 439 g/mol. The Bertz CT molecular complexity index is 1050. The predicted octanol–water partition coefficient (Wildman–Crippen LogP) is 3.51. The van der Waals surface area contributed by atoms with Crippen molar-refractivity contribution < 1.29 is 17.2 Å². The van der Waals surface area contributed by atoms with Crippen molar-refractivity contribution in [2.45, 2.75) is 24.7 Å². The van der Waals surface area contributed by atoms with Crippen molar-refractivity contribution in [3.05, 3.63) is 44.2 Å². The number of sulfonamides is 1. The van der Waals surface area contributed by atoms with Gasteiger partial charge in [-0.2, -0.15) is 13.9 Å². The van der Waals surface area contributed by atoms with E-state index in [1.807, 2.05) is 0 Å². The maximum Gasteiger partial charge on any atom is 0.286 e. The third-order valence-corrected chi connectivity index (χ3v) is 6.67. The Morgan fingerprint density at radius 2 is 1.81 bits per heavy atom. The zero-order valence-corrected chi connectivity index (χ0v) is 17.3. The van der Waals surface area contributed by atoms with E-state index in [0.29, 0.717) is 6.92 Å². The average Bonchev–Trinajstić information content (AvgIpc) is 2.54. The molecule has 1 heterocycles.